The van der Waals surface area contributed by atoms with Crippen LogP contribution < -0.4 is 10.9 Å². The lowest BCUT2D eigenvalue weighted by atomic mass is 10.0. The summed E-state index contributed by atoms with van der Waals surface area (Å²) in [5, 5.41) is 13.5. The summed E-state index contributed by atoms with van der Waals surface area (Å²) in [5.74, 6) is 0.311. The molecule has 0 aliphatic rings. The van der Waals surface area contributed by atoms with Crippen LogP contribution in [0, 0.1) is 16.0 Å². The van der Waals surface area contributed by atoms with E-state index in [9.17, 15) is 19.7 Å². The molecule has 1 aromatic heterocycles. The molecule has 1 N–H and O–H groups in total. The third kappa shape index (κ3) is 6.07. The summed E-state index contributed by atoms with van der Waals surface area (Å²) in [6.45, 7) is 6.00. The number of carbonyl (C=O) groups is 1. The maximum atomic E-state index is 11.9. The topological polar surface area (TPSA) is 94.2 Å². The number of hydrogen-bond donors (Lipinski definition) is 1. The molecule has 0 saturated heterocycles. The summed E-state index contributed by atoms with van der Waals surface area (Å²) in [4.78, 5) is 33.6. The number of pyridine rings is 1. The third-order valence-corrected chi connectivity index (χ3v) is 3.32. The Hall–Kier alpha value is -2.18. The quantitative estimate of drug-likeness (QED) is 0.587. The van der Waals surface area contributed by atoms with Crippen LogP contribution in [-0.4, -0.2) is 21.4 Å². The smallest absolute Gasteiger partial charge is 0.285 e. The van der Waals surface area contributed by atoms with Gasteiger partial charge in [-0.15, -0.1) is 0 Å². The van der Waals surface area contributed by atoms with Crippen LogP contribution in [0.1, 0.15) is 40.0 Å². The van der Waals surface area contributed by atoms with Gasteiger partial charge in [-0.1, -0.05) is 26.7 Å². The molecule has 0 fully saturated rings. The van der Waals surface area contributed by atoms with Gasteiger partial charge in [-0.05, 0) is 19.3 Å². The average Bonchev–Trinajstić information content (AvgIpc) is 2.40. The molecule has 1 atom stereocenters. The second-order valence-electron chi connectivity index (χ2n) is 5.90. The number of nitrogens with one attached hydrogen (secondary N) is 1. The Morgan fingerprint density at radius 1 is 1.32 bits per heavy atom. The molecule has 1 amide bonds. The highest BCUT2D eigenvalue weighted by Crippen LogP contribution is 2.08. The van der Waals surface area contributed by atoms with Gasteiger partial charge in [0.1, 0.15) is 6.54 Å². The van der Waals surface area contributed by atoms with Crippen LogP contribution in [-0.2, 0) is 11.3 Å². The van der Waals surface area contributed by atoms with Crippen LogP contribution in [0.15, 0.2) is 23.1 Å². The molecule has 0 aliphatic carbocycles. The largest absolute Gasteiger partial charge is 0.352 e. The second kappa shape index (κ2) is 8.31. The van der Waals surface area contributed by atoms with Crippen molar-refractivity contribution in [1.82, 2.24) is 9.88 Å². The number of hydrogen-bond acceptors (Lipinski definition) is 4. The van der Waals surface area contributed by atoms with E-state index in [4.69, 9.17) is 0 Å². The van der Waals surface area contributed by atoms with Crippen LogP contribution in [0.2, 0.25) is 0 Å². The Morgan fingerprint density at radius 2 is 2.00 bits per heavy atom. The molecule has 0 saturated carbocycles. The Bertz CT molecular complexity index is 580. The van der Waals surface area contributed by atoms with Crippen molar-refractivity contribution in [1.29, 1.82) is 0 Å². The summed E-state index contributed by atoms with van der Waals surface area (Å²) < 4.78 is 1.05. The molecule has 0 spiro atoms. The maximum absolute atomic E-state index is 11.9. The van der Waals surface area contributed by atoms with Gasteiger partial charge in [0.25, 0.3) is 11.2 Å². The van der Waals surface area contributed by atoms with Crippen molar-refractivity contribution in [2.75, 3.05) is 0 Å². The molecule has 22 heavy (non-hydrogen) atoms. The van der Waals surface area contributed by atoms with E-state index in [1.54, 1.807) is 0 Å². The van der Waals surface area contributed by atoms with Gasteiger partial charge in [-0.2, -0.15) is 0 Å². The number of nitrogens with zero attached hydrogens (tertiary/aromatic N) is 2. The molecule has 0 aromatic carbocycles. The molecular weight excluding hydrogens is 286 g/mol. The van der Waals surface area contributed by atoms with Gasteiger partial charge in [-0.25, -0.2) is 0 Å². The predicted molar refractivity (Wildman–Crippen MR) is 83.7 cm³/mol. The summed E-state index contributed by atoms with van der Waals surface area (Å²) in [7, 11) is 0. The van der Waals surface area contributed by atoms with E-state index in [1.807, 2.05) is 6.92 Å². The van der Waals surface area contributed by atoms with Crippen molar-refractivity contribution in [3.05, 3.63) is 38.8 Å². The van der Waals surface area contributed by atoms with E-state index in [0.29, 0.717) is 5.92 Å². The molecule has 0 aliphatic heterocycles. The standard InChI is InChI=1S/C15H23N3O4/c1-11(2)5-4-6-12(3)16-14(19)10-17-9-13(18(21)22)7-8-15(17)20/h7-9,11-12H,4-6,10H2,1-3H3,(H,16,19)/t12-/m0/s1. The van der Waals surface area contributed by atoms with E-state index < -0.39 is 10.5 Å². The zero-order chi connectivity index (χ0) is 16.7. The fourth-order valence-corrected chi connectivity index (χ4v) is 2.13. The summed E-state index contributed by atoms with van der Waals surface area (Å²) in [6.07, 6.45) is 4.08. The van der Waals surface area contributed by atoms with E-state index in [0.717, 1.165) is 42.2 Å². The summed E-state index contributed by atoms with van der Waals surface area (Å²) >= 11 is 0. The van der Waals surface area contributed by atoms with Crippen molar-refractivity contribution >= 4 is 11.6 Å². The SMILES string of the molecule is CC(C)CCC[C@H](C)NC(=O)Cn1cc([N+](=O)[O-])ccc1=O. The fraction of sp³-hybridized carbons (Fsp3) is 0.600. The number of aromatic nitrogens is 1. The predicted octanol–water partition coefficient (Wildman–Crippen LogP) is 2.09. The summed E-state index contributed by atoms with van der Waals surface area (Å²) in [6, 6.07) is 2.24. The highest BCUT2D eigenvalue weighted by atomic mass is 16.6. The van der Waals surface area contributed by atoms with Crippen molar-refractivity contribution < 1.29 is 9.72 Å². The van der Waals surface area contributed by atoms with Gasteiger partial charge >= 0.3 is 0 Å². The highest BCUT2D eigenvalue weighted by Gasteiger charge is 2.12. The Morgan fingerprint density at radius 3 is 2.59 bits per heavy atom. The van der Waals surface area contributed by atoms with Gasteiger partial charge in [0, 0.05) is 18.2 Å². The second-order valence-corrected chi connectivity index (χ2v) is 5.90. The van der Waals surface area contributed by atoms with Crippen molar-refractivity contribution in [3.8, 4) is 0 Å². The molecule has 7 nitrogen and oxygen atoms in total. The first-order valence-corrected chi connectivity index (χ1v) is 7.44. The molecule has 7 heteroatoms. The van der Waals surface area contributed by atoms with E-state index in [1.165, 1.54) is 0 Å². The van der Waals surface area contributed by atoms with Crippen molar-refractivity contribution in [3.63, 3.8) is 0 Å². The molecule has 122 valence electrons. The number of amides is 1. The lowest BCUT2D eigenvalue weighted by Gasteiger charge is -2.15. The zero-order valence-electron chi connectivity index (χ0n) is 13.2. The van der Waals surface area contributed by atoms with Crippen LogP contribution >= 0.6 is 0 Å². The fourth-order valence-electron chi connectivity index (χ4n) is 2.13. The maximum Gasteiger partial charge on any atom is 0.285 e. The summed E-state index contributed by atoms with van der Waals surface area (Å²) in [5.41, 5.74) is -0.648. The lowest BCUT2D eigenvalue weighted by molar-refractivity contribution is -0.385. The molecule has 1 aromatic rings. The van der Waals surface area contributed by atoms with E-state index in [-0.39, 0.29) is 24.2 Å². The van der Waals surface area contributed by atoms with Crippen LogP contribution in [0.25, 0.3) is 0 Å². The number of nitro groups is 1. The Balaban J connectivity index is 2.56. The molecular formula is C15H23N3O4. The van der Waals surface area contributed by atoms with Gasteiger partial charge < -0.3 is 5.32 Å². The Labute approximate surface area is 129 Å². The minimum Gasteiger partial charge on any atom is -0.352 e. The van der Waals surface area contributed by atoms with Gasteiger partial charge in [0.15, 0.2) is 0 Å². The van der Waals surface area contributed by atoms with Crippen LogP contribution in [0.4, 0.5) is 5.69 Å². The minimum absolute atomic E-state index is 0.0145. The lowest BCUT2D eigenvalue weighted by Crippen LogP contribution is -2.37. The first-order valence-electron chi connectivity index (χ1n) is 7.44. The van der Waals surface area contributed by atoms with Crippen molar-refractivity contribution in [2.24, 2.45) is 5.92 Å². The normalized spacial score (nSPS) is 12.2. The zero-order valence-corrected chi connectivity index (χ0v) is 13.2. The highest BCUT2D eigenvalue weighted by molar-refractivity contribution is 5.76. The minimum atomic E-state index is -0.595. The van der Waals surface area contributed by atoms with Crippen LogP contribution in [0.3, 0.4) is 0 Å². The average molecular weight is 309 g/mol. The van der Waals surface area contributed by atoms with E-state index >= 15 is 0 Å². The first-order chi connectivity index (χ1) is 10.3. The Kier molecular flexibility index (Phi) is 6.75. The van der Waals surface area contributed by atoms with E-state index in [2.05, 4.69) is 19.2 Å². The number of carbonyl (C=O) groups excluding carboxylic acids is 1. The molecule has 1 heterocycles. The van der Waals surface area contributed by atoms with Gasteiger partial charge in [0.2, 0.25) is 5.91 Å². The third-order valence-electron chi connectivity index (χ3n) is 3.32. The van der Waals surface area contributed by atoms with Gasteiger partial charge in [-0.3, -0.25) is 24.3 Å². The number of rotatable bonds is 8. The van der Waals surface area contributed by atoms with Crippen molar-refractivity contribution in [2.45, 2.75) is 52.6 Å². The molecule has 0 radical (unpaired) electrons. The van der Waals surface area contributed by atoms with Gasteiger partial charge in [0.05, 0.1) is 11.1 Å². The molecule has 1 rings (SSSR count). The molecule has 0 bridgehead atoms. The molecule has 0 unspecified atom stereocenters. The first kappa shape index (κ1) is 17.9. The monoisotopic (exact) mass is 309 g/mol. The van der Waals surface area contributed by atoms with Crippen LogP contribution in [0.5, 0.6) is 0 Å².